The Kier molecular flexibility index (Phi) is 10.4. The molecular formula is C39H35IN4O3. The second-order valence-electron chi connectivity index (χ2n) is 11.4. The van der Waals surface area contributed by atoms with Gasteiger partial charge in [0, 0.05) is 37.5 Å². The monoisotopic (exact) mass is 734 g/mol. The van der Waals surface area contributed by atoms with Gasteiger partial charge in [0.15, 0.2) is 0 Å². The summed E-state index contributed by atoms with van der Waals surface area (Å²) in [6, 6.07) is 34.9. The van der Waals surface area contributed by atoms with Crippen molar-refractivity contribution in [3.05, 3.63) is 156 Å². The minimum atomic E-state index is -0.764. The lowest BCUT2D eigenvalue weighted by molar-refractivity contribution is -0.144. The highest BCUT2D eigenvalue weighted by atomic mass is 127. The maximum Gasteiger partial charge on any atom is 0.247 e. The van der Waals surface area contributed by atoms with E-state index in [4.69, 9.17) is 4.74 Å². The summed E-state index contributed by atoms with van der Waals surface area (Å²) in [5, 5.41) is 0. The first kappa shape index (κ1) is 32.1. The van der Waals surface area contributed by atoms with E-state index < -0.39 is 6.04 Å². The highest BCUT2D eigenvalue weighted by Crippen LogP contribution is 2.34. The first-order chi connectivity index (χ1) is 23.0. The fourth-order valence-electron chi connectivity index (χ4n) is 5.79. The molecule has 0 N–H and O–H groups in total. The maximum absolute atomic E-state index is 14.7. The predicted octanol–water partition coefficient (Wildman–Crippen LogP) is 7.32. The molecule has 0 radical (unpaired) electrons. The van der Waals surface area contributed by atoms with Crippen molar-refractivity contribution >= 4 is 40.5 Å². The quantitative estimate of drug-likeness (QED) is 0.0855. The number of hydrogen-bond acceptors (Lipinski definition) is 5. The van der Waals surface area contributed by atoms with E-state index in [9.17, 15) is 9.59 Å². The molecular weight excluding hydrogens is 699 g/mol. The van der Waals surface area contributed by atoms with Crippen LogP contribution >= 0.6 is 22.6 Å². The number of fused-ring (bicyclic) bond motifs is 1. The molecule has 2 unspecified atom stereocenters. The number of pyridine rings is 2. The molecule has 0 saturated carbocycles. The van der Waals surface area contributed by atoms with Crippen molar-refractivity contribution in [3.63, 3.8) is 0 Å². The van der Waals surface area contributed by atoms with Crippen LogP contribution in [0.4, 0.5) is 0 Å². The molecule has 236 valence electrons. The number of amides is 2. The average molecular weight is 735 g/mol. The molecule has 8 heteroatoms. The van der Waals surface area contributed by atoms with Crippen molar-refractivity contribution in [1.82, 2.24) is 19.8 Å². The van der Waals surface area contributed by atoms with E-state index in [-0.39, 0.29) is 22.3 Å². The van der Waals surface area contributed by atoms with Crippen LogP contribution < -0.4 is 4.74 Å². The van der Waals surface area contributed by atoms with Gasteiger partial charge in [-0.15, -0.1) is 0 Å². The Bertz CT molecular complexity index is 1830. The van der Waals surface area contributed by atoms with Gasteiger partial charge in [-0.25, -0.2) is 0 Å². The molecule has 0 fully saturated rings. The Morgan fingerprint density at radius 2 is 1.64 bits per heavy atom. The average Bonchev–Trinajstić information content (AvgIpc) is 3.14. The third-order valence-electron chi connectivity index (χ3n) is 8.37. The normalized spacial score (nSPS) is 13.9. The number of rotatable bonds is 10. The SMILES string of the molecule is COc1ccc(C=CC(=O)N(Cc2ccc(-c3ccccn3)cc2)C(C(=O)N2CCc3ccccc3C2)C(I)c2ccccc2)nc1. The molecule has 0 spiro atoms. The van der Waals surface area contributed by atoms with Crippen LogP contribution in [0.15, 0.2) is 128 Å². The largest absolute Gasteiger partial charge is 0.495 e. The standard InChI is InChI=1S/C39H35IN4O3/c1-47-34-20-18-33(42-25-34)19-21-36(45)44(26-28-14-16-30(17-15-28)35-13-7-8-23-41-35)38(37(40)31-10-3-2-4-11-31)39(46)43-24-22-29-9-5-6-12-32(29)27-43/h2-21,23,25,37-38H,22,24,26-27H2,1H3. The summed E-state index contributed by atoms with van der Waals surface area (Å²) in [6.07, 6.45) is 7.35. The van der Waals surface area contributed by atoms with Crippen LogP contribution in [-0.4, -0.2) is 51.3 Å². The summed E-state index contributed by atoms with van der Waals surface area (Å²) in [7, 11) is 1.59. The minimum Gasteiger partial charge on any atom is -0.495 e. The highest BCUT2D eigenvalue weighted by Gasteiger charge is 2.39. The van der Waals surface area contributed by atoms with Gasteiger partial charge >= 0.3 is 0 Å². The molecule has 7 nitrogen and oxygen atoms in total. The zero-order chi connectivity index (χ0) is 32.6. The first-order valence-corrected chi connectivity index (χ1v) is 16.8. The Hall–Kier alpha value is -4.83. The number of alkyl halides is 1. The first-order valence-electron chi connectivity index (χ1n) is 15.5. The fourth-order valence-corrected chi connectivity index (χ4v) is 6.91. The predicted molar refractivity (Wildman–Crippen MR) is 193 cm³/mol. The Labute approximate surface area is 289 Å². The van der Waals surface area contributed by atoms with Gasteiger partial charge in [0.2, 0.25) is 11.8 Å². The van der Waals surface area contributed by atoms with Crippen LogP contribution in [0.25, 0.3) is 17.3 Å². The van der Waals surface area contributed by atoms with E-state index in [1.54, 1.807) is 42.6 Å². The number of carbonyl (C=O) groups excluding carboxylic acids is 2. The van der Waals surface area contributed by atoms with Gasteiger partial charge in [-0.1, -0.05) is 108 Å². The smallest absolute Gasteiger partial charge is 0.247 e. The topological polar surface area (TPSA) is 75.6 Å². The van der Waals surface area contributed by atoms with Crippen LogP contribution in [0.5, 0.6) is 5.75 Å². The summed E-state index contributed by atoms with van der Waals surface area (Å²) < 4.78 is 4.93. The molecule has 6 rings (SSSR count). The van der Waals surface area contributed by atoms with Gasteiger partial charge in [0.25, 0.3) is 0 Å². The third kappa shape index (κ3) is 7.77. The highest BCUT2D eigenvalue weighted by molar-refractivity contribution is 14.1. The second-order valence-corrected chi connectivity index (χ2v) is 12.7. The number of nitrogens with zero attached hydrogens (tertiary/aromatic N) is 4. The molecule has 0 aliphatic carbocycles. The molecule has 2 amide bonds. The number of ether oxygens (including phenoxy) is 1. The molecule has 3 heterocycles. The number of aromatic nitrogens is 2. The van der Waals surface area contributed by atoms with Crippen LogP contribution in [0.2, 0.25) is 0 Å². The fraction of sp³-hybridized carbons (Fsp3) is 0.179. The molecule has 1 aliphatic heterocycles. The molecule has 2 aromatic heterocycles. The van der Waals surface area contributed by atoms with Crippen LogP contribution in [0.1, 0.15) is 31.9 Å². The van der Waals surface area contributed by atoms with Crippen molar-refractivity contribution in [2.24, 2.45) is 0 Å². The number of hydrogen-bond donors (Lipinski definition) is 0. The van der Waals surface area contributed by atoms with Crippen molar-refractivity contribution in [2.75, 3.05) is 13.7 Å². The Morgan fingerprint density at radius 1 is 0.894 bits per heavy atom. The van der Waals surface area contributed by atoms with E-state index in [0.717, 1.165) is 34.4 Å². The van der Waals surface area contributed by atoms with Crippen LogP contribution in [0.3, 0.4) is 0 Å². The molecule has 1 aliphatic rings. The van der Waals surface area contributed by atoms with Crippen molar-refractivity contribution < 1.29 is 14.3 Å². The van der Waals surface area contributed by atoms with Crippen molar-refractivity contribution in [3.8, 4) is 17.0 Å². The van der Waals surface area contributed by atoms with Crippen molar-refractivity contribution in [1.29, 1.82) is 0 Å². The van der Waals surface area contributed by atoms with E-state index >= 15 is 0 Å². The van der Waals surface area contributed by atoms with Gasteiger partial charge in [-0.2, -0.15) is 0 Å². The summed E-state index contributed by atoms with van der Waals surface area (Å²) in [6.45, 7) is 1.35. The van der Waals surface area contributed by atoms with Gasteiger partial charge in [0.1, 0.15) is 11.8 Å². The van der Waals surface area contributed by atoms with Gasteiger partial charge in [-0.3, -0.25) is 19.6 Å². The summed E-state index contributed by atoms with van der Waals surface area (Å²) in [5.41, 5.74) is 6.76. The number of benzene rings is 3. The zero-order valence-electron chi connectivity index (χ0n) is 26.1. The minimum absolute atomic E-state index is 0.0721. The lowest BCUT2D eigenvalue weighted by Gasteiger charge is -2.38. The van der Waals surface area contributed by atoms with E-state index in [2.05, 4.69) is 44.7 Å². The molecule has 0 saturated heterocycles. The Balaban J connectivity index is 1.37. The van der Waals surface area contributed by atoms with E-state index in [1.165, 1.54) is 11.6 Å². The lowest BCUT2D eigenvalue weighted by atomic mass is 9.97. The summed E-state index contributed by atoms with van der Waals surface area (Å²) in [4.78, 5) is 41.5. The van der Waals surface area contributed by atoms with E-state index in [0.29, 0.717) is 24.5 Å². The van der Waals surface area contributed by atoms with Gasteiger partial charge < -0.3 is 14.5 Å². The molecule has 2 atom stereocenters. The molecule has 3 aromatic carbocycles. The third-order valence-corrected chi connectivity index (χ3v) is 9.77. The number of methoxy groups -OCH3 is 1. The summed E-state index contributed by atoms with van der Waals surface area (Å²) >= 11 is 2.33. The Morgan fingerprint density at radius 3 is 2.34 bits per heavy atom. The lowest BCUT2D eigenvalue weighted by Crippen LogP contribution is -2.53. The molecule has 47 heavy (non-hydrogen) atoms. The maximum atomic E-state index is 14.7. The molecule has 0 bridgehead atoms. The van der Waals surface area contributed by atoms with Gasteiger partial charge in [0.05, 0.1) is 28.6 Å². The van der Waals surface area contributed by atoms with Crippen LogP contribution in [-0.2, 0) is 29.1 Å². The van der Waals surface area contributed by atoms with Gasteiger partial charge in [-0.05, 0) is 59.0 Å². The van der Waals surface area contributed by atoms with Crippen molar-refractivity contribution in [2.45, 2.75) is 29.5 Å². The zero-order valence-corrected chi connectivity index (χ0v) is 28.2. The number of carbonyl (C=O) groups is 2. The number of halogens is 1. The second kappa shape index (κ2) is 15.2. The van der Waals surface area contributed by atoms with Crippen LogP contribution in [0, 0.1) is 0 Å². The van der Waals surface area contributed by atoms with E-state index in [1.807, 2.05) is 89.8 Å². The summed E-state index contributed by atoms with van der Waals surface area (Å²) in [5.74, 6) is 0.288. The molecule has 5 aromatic rings.